The minimum absolute atomic E-state index is 0.218. The van der Waals surface area contributed by atoms with Crippen molar-refractivity contribution in [2.45, 2.75) is 18.9 Å². The zero-order chi connectivity index (χ0) is 11.0. The molecule has 1 unspecified atom stereocenters. The Morgan fingerprint density at radius 3 is 2.79 bits per heavy atom. The first kappa shape index (κ1) is 13.4. The number of aliphatic hydroxyl groups is 1. The summed E-state index contributed by atoms with van der Waals surface area (Å²) in [6.07, 6.45) is 1.03. The number of hydrogen-bond donors (Lipinski definition) is 3. The fourth-order valence-corrected chi connectivity index (χ4v) is 1.24. The number of rotatable bonds is 8. The number of nitrogens with zero attached hydrogens (tertiary/aromatic N) is 1. The van der Waals surface area contributed by atoms with Crippen LogP contribution in [-0.4, -0.2) is 55.8 Å². The largest absolute Gasteiger partial charge is 0.389 e. The maximum Gasteiger partial charge on any atom is 0.0905 e. The molecule has 0 bridgehead atoms. The molecule has 0 aliphatic rings. The molecule has 0 saturated carbocycles. The van der Waals surface area contributed by atoms with Gasteiger partial charge in [0.15, 0.2) is 0 Å². The summed E-state index contributed by atoms with van der Waals surface area (Å²) in [5, 5.41) is 16.4. The summed E-state index contributed by atoms with van der Waals surface area (Å²) in [6, 6.07) is 0. The molecule has 0 amide bonds. The van der Waals surface area contributed by atoms with Crippen LogP contribution >= 0.6 is 0 Å². The monoisotopic (exact) mass is 203 g/mol. The Bertz CT molecular complexity index is 164. The summed E-state index contributed by atoms with van der Waals surface area (Å²) in [4.78, 5) is 2.01. The molecule has 0 aromatic rings. The lowest BCUT2D eigenvalue weighted by molar-refractivity contribution is 0.0432. The van der Waals surface area contributed by atoms with Crippen molar-refractivity contribution in [3.63, 3.8) is 0 Å². The lowest BCUT2D eigenvalue weighted by Gasteiger charge is -2.19. The van der Waals surface area contributed by atoms with Crippen LogP contribution in [0.3, 0.4) is 0 Å². The summed E-state index contributed by atoms with van der Waals surface area (Å²) in [7, 11) is 3.50. The van der Waals surface area contributed by atoms with E-state index in [9.17, 15) is 5.11 Å². The highest BCUT2D eigenvalue weighted by atomic mass is 16.5. The first-order valence-corrected chi connectivity index (χ1v) is 4.74. The van der Waals surface area contributed by atoms with Gasteiger partial charge in [0.25, 0.3) is 0 Å². The van der Waals surface area contributed by atoms with Crippen molar-refractivity contribution < 1.29 is 9.84 Å². The van der Waals surface area contributed by atoms with Crippen molar-refractivity contribution in [2.75, 3.05) is 33.9 Å². The van der Waals surface area contributed by atoms with E-state index in [2.05, 4.69) is 0 Å². The smallest absolute Gasteiger partial charge is 0.0905 e. The third-order valence-electron chi connectivity index (χ3n) is 1.87. The van der Waals surface area contributed by atoms with Crippen LogP contribution in [0.4, 0.5) is 0 Å². The molecule has 0 fully saturated rings. The molecule has 4 N–H and O–H groups in total. The van der Waals surface area contributed by atoms with Crippen LogP contribution in [0.5, 0.6) is 0 Å². The lowest BCUT2D eigenvalue weighted by Crippen LogP contribution is -2.32. The van der Waals surface area contributed by atoms with Gasteiger partial charge in [0.1, 0.15) is 0 Å². The van der Waals surface area contributed by atoms with Crippen molar-refractivity contribution in [2.24, 2.45) is 5.73 Å². The Morgan fingerprint density at radius 2 is 2.29 bits per heavy atom. The summed E-state index contributed by atoms with van der Waals surface area (Å²) in [5.41, 5.74) is 5.22. The van der Waals surface area contributed by atoms with Crippen LogP contribution in [0, 0.1) is 5.41 Å². The van der Waals surface area contributed by atoms with Gasteiger partial charge in [-0.3, -0.25) is 5.41 Å². The van der Waals surface area contributed by atoms with Crippen molar-refractivity contribution >= 4 is 5.84 Å². The Labute approximate surface area is 85.4 Å². The van der Waals surface area contributed by atoms with Gasteiger partial charge in [0, 0.05) is 20.1 Å². The van der Waals surface area contributed by atoms with Crippen LogP contribution in [-0.2, 0) is 4.74 Å². The van der Waals surface area contributed by atoms with Crippen molar-refractivity contribution in [3.05, 3.63) is 0 Å². The predicted octanol–water partition coefficient (Wildman–Crippen LogP) is -0.358. The fraction of sp³-hybridized carbons (Fsp3) is 0.889. The second-order valence-electron chi connectivity index (χ2n) is 3.50. The van der Waals surface area contributed by atoms with Gasteiger partial charge in [-0.05, 0) is 20.0 Å². The van der Waals surface area contributed by atoms with Crippen molar-refractivity contribution in [1.82, 2.24) is 4.90 Å². The fourth-order valence-electron chi connectivity index (χ4n) is 1.24. The van der Waals surface area contributed by atoms with Gasteiger partial charge in [-0.25, -0.2) is 0 Å². The molecule has 0 heterocycles. The molecular weight excluding hydrogens is 182 g/mol. The van der Waals surface area contributed by atoms with Gasteiger partial charge < -0.3 is 20.5 Å². The van der Waals surface area contributed by atoms with E-state index >= 15 is 0 Å². The molecule has 0 rings (SSSR count). The molecule has 0 aromatic carbocycles. The molecule has 0 radical (unpaired) electrons. The van der Waals surface area contributed by atoms with E-state index in [1.165, 1.54) is 0 Å². The number of methoxy groups -OCH3 is 1. The van der Waals surface area contributed by atoms with Gasteiger partial charge in [0.05, 0.1) is 18.5 Å². The van der Waals surface area contributed by atoms with E-state index in [0.717, 1.165) is 13.0 Å². The number of nitrogens with two attached hydrogens (primary N) is 1. The van der Waals surface area contributed by atoms with Gasteiger partial charge in [-0.1, -0.05) is 0 Å². The van der Waals surface area contributed by atoms with Gasteiger partial charge >= 0.3 is 0 Å². The standard InChI is InChI=1S/C9H21N3O2/c1-12(5-3-4-9(10)11)6-8(13)7-14-2/h8,13H,3-7H2,1-2H3,(H3,10,11). The average Bonchev–Trinajstić information content (AvgIpc) is 2.03. The van der Waals surface area contributed by atoms with Gasteiger partial charge in [-0.2, -0.15) is 0 Å². The number of likely N-dealkylation sites (N-methyl/N-ethyl adjacent to an activating group) is 1. The first-order valence-electron chi connectivity index (χ1n) is 4.74. The highest BCUT2D eigenvalue weighted by Gasteiger charge is 2.07. The normalized spacial score (nSPS) is 13.1. The molecule has 14 heavy (non-hydrogen) atoms. The summed E-state index contributed by atoms with van der Waals surface area (Å²) in [5.74, 6) is 0.218. The van der Waals surface area contributed by atoms with Crippen LogP contribution in [0.1, 0.15) is 12.8 Å². The second kappa shape index (κ2) is 7.73. The van der Waals surface area contributed by atoms with E-state index in [1.54, 1.807) is 7.11 Å². The second-order valence-corrected chi connectivity index (χ2v) is 3.50. The summed E-state index contributed by atoms with van der Waals surface area (Å²) < 4.78 is 4.82. The molecular formula is C9H21N3O2. The van der Waals surface area contributed by atoms with E-state index in [0.29, 0.717) is 19.6 Å². The highest BCUT2D eigenvalue weighted by molar-refractivity contribution is 5.76. The zero-order valence-electron chi connectivity index (χ0n) is 8.99. The van der Waals surface area contributed by atoms with Crippen LogP contribution in [0.15, 0.2) is 0 Å². The third-order valence-corrected chi connectivity index (χ3v) is 1.87. The molecule has 84 valence electrons. The highest BCUT2D eigenvalue weighted by Crippen LogP contribution is 1.95. The number of nitrogens with one attached hydrogen (secondary N) is 1. The summed E-state index contributed by atoms with van der Waals surface area (Å²) in [6.45, 7) is 1.78. The molecule has 5 heteroatoms. The number of aliphatic hydroxyl groups excluding tert-OH is 1. The van der Waals surface area contributed by atoms with Crippen molar-refractivity contribution in [1.29, 1.82) is 5.41 Å². The average molecular weight is 203 g/mol. The number of amidine groups is 1. The predicted molar refractivity (Wildman–Crippen MR) is 56.5 cm³/mol. The quantitative estimate of drug-likeness (QED) is 0.372. The molecule has 0 aromatic heterocycles. The van der Waals surface area contributed by atoms with Crippen LogP contribution in [0.2, 0.25) is 0 Å². The molecule has 1 atom stereocenters. The Balaban J connectivity index is 3.44. The van der Waals surface area contributed by atoms with E-state index < -0.39 is 6.10 Å². The molecule has 0 aliphatic heterocycles. The molecule has 0 spiro atoms. The summed E-state index contributed by atoms with van der Waals surface area (Å²) >= 11 is 0. The van der Waals surface area contributed by atoms with E-state index in [-0.39, 0.29) is 5.84 Å². The maximum absolute atomic E-state index is 9.39. The van der Waals surface area contributed by atoms with Crippen molar-refractivity contribution in [3.8, 4) is 0 Å². The SMILES string of the molecule is COCC(O)CN(C)CCCC(=N)N. The molecule has 5 nitrogen and oxygen atoms in total. The van der Waals surface area contributed by atoms with E-state index in [1.807, 2.05) is 11.9 Å². The molecule has 0 saturated heterocycles. The Kier molecular flexibility index (Phi) is 7.37. The number of ether oxygens (including phenoxy) is 1. The minimum Gasteiger partial charge on any atom is -0.389 e. The van der Waals surface area contributed by atoms with Gasteiger partial charge in [-0.15, -0.1) is 0 Å². The Morgan fingerprint density at radius 1 is 1.64 bits per heavy atom. The Hall–Kier alpha value is -0.650. The maximum atomic E-state index is 9.39. The minimum atomic E-state index is -0.442. The van der Waals surface area contributed by atoms with E-state index in [4.69, 9.17) is 15.9 Å². The number of hydrogen-bond acceptors (Lipinski definition) is 4. The topological polar surface area (TPSA) is 82.6 Å². The van der Waals surface area contributed by atoms with Crippen LogP contribution in [0.25, 0.3) is 0 Å². The van der Waals surface area contributed by atoms with Gasteiger partial charge in [0.2, 0.25) is 0 Å². The zero-order valence-corrected chi connectivity index (χ0v) is 8.99. The first-order chi connectivity index (χ1) is 6.56. The lowest BCUT2D eigenvalue weighted by atomic mass is 10.2. The molecule has 0 aliphatic carbocycles. The van der Waals surface area contributed by atoms with Crippen LogP contribution < -0.4 is 5.73 Å². The third kappa shape index (κ3) is 7.97.